The van der Waals surface area contributed by atoms with Crippen LogP contribution in [0.4, 0.5) is 4.39 Å². The maximum absolute atomic E-state index is 12.7. The van der Waals surface area contributed by atoms with Crippen molar-refractivity contribution in [1.82, 2.24) is 0 Å². The van der Waals surface area contributed by atoms with E-state index in [9.17, 15) is 8.60 Å². The predicted molar refractivity (Wildman–Crippen MR) is 71.2 cm³/mol. The lowest BCUT2D eigenvalue weighted by Crippen LogP contribution is -2.12. The van der Waals surface area contributed by atoms with E-state index < -0.39 is 10.8 Å². The van der Waals surface area contributed by atoms with Crippen molar-refractivity contribution in [2.24, 2.45) is 0 Å². The summed E-state index contributed by atoms with van der Waals surface area (Å²) >= 11 is 0. The summed E-state index contributed by atoms with van der Waals surface area (Å²) in [4.78, 5) is 0.612. The topological polar surface area (TPSA) is 44.8 Å². The number of hydrogen-bond donors (Lipinski definition) is 0. The van der Waals surface area contributed by atoms with E-state index in [1.54, 1.807) is 7.11 Å². The normalized spacial score (nSPS) is 12.5. The zero-order valence-electron chi connectivity index (χ0n) is 11.0. The first kappa shape index (κ1) is 16.2. The third-order valence-corrected chi connectivity index (χ3v) is 3.63. The largest absolute Gasteiger partial charge is 0.382 e. The Morgan fingerprint density at radius 1 is 1.00 bits per heavy atom. The van der Waals surface area contributed by atoms with Crippen molar-refractivity contribution in [1.29, 1.82) is 0 Å². The molecule has 0 aromatic heterocycles. The van der Waals surface area contributed by atoms with Crippen molar-refractivity contribution < 1.29 is 22.8 Å². The highest BCUT2D eigenvalue weighted by Crippen LogP contribution is 2.07. The molecule has 0 heterocycles. The molecule has 6 heteroatoms. The van der Waals surface area contributed by atoms with Gasteiger partial charge < -0.3 is 14.2 Å². The lowest BCUT2D eigenvalue weighted by molar-refractivity contribution is 0.0285. The average Bonchev–Trinajstić information content (AvgIpc) is 2.42. The number of halogens is 1. The molecule has 0 spiro atoms. The van der Waals surface area contributed by atoms with E-state index in [0.717, 1.165) is 0 Å². The van der Waals surface area contributed by atoms with Crippen molar-refractivity contribution in [3.05, 3.63) is 30.1 Å². The lowest BCUT2D eigenvalue weighted by atomic mass is 10.4. The van der Waals surface area contributed by atoms with Crippen molar-refractivity contribution in [2.75, 3.05) is 45.9 Å². The average molecular weight is 290 g/mol. The Bertz CT molecular complexity index is 369. The number of ether oxygens (including phenoxy) is 3. The predicted octanol–water partition coefficient (Wildman–Crippen LogP) is 1.61. The SMILES string of the molecule is COCCOCCOCCS(=O)c1ccc(F)cc1. The molecule has 1 aromatic rings. The van der Waals surface area contributed by atoms with Crippen molar-refractivity contribution in [3.63, 3.8) is 0 Å². The summed E-state index contributed by atoms with van der Waals surface area (Å²) in [5.74, 6) is 0.0641. The monoisotopic (exact) mass is 290 g/mol. The molecular weight excluding hydrogens is 271 g/mol. The third kappa shape index (κ3) is 7.37. The van der Waals surface area contributed by atoms with Crippen LogP contribution in [-0.4, -0.2) is 50.1 Å². The molecule has 1 unspecified atom stereocenters. The molecule has 0 saturated carbocycles. The minimum Gasteiger partial charge on any atom is -0.382 e. The minimum atomic E-state index is -1.15. The molecule has 0 aliphatic heterocycles. The van der Waals surface area contributed by atoms with E-state index in [0.29, 0.717) is 43.7 Å². The van der Waals surface area contributed by atoms with E-state index in [-0.39, 0.29) is 5.82 Å². The number of methoxy groups -OCH3 is 1. The molecule has 0 N–H and O–H groups in total. The number of rotatable bonds is 10. The molecule has 4 nitrogen and oxygen atoms in total. The molecular formula is C13H19FO4S. The van der Waals surface area contributed by atoms with Gasteiger partial charge in [-0.25, -0.2) is 4.39 Å². The van der Waals surface area contributed by atoms with Crippen LogP contribution in [0, 0.1) is 5.82 Å². The van der Waals surface area contributed by atoms with Crippen LogP contribution >= 0.6 is 0 Å². The second kappa shape index (κ2) is 10.0. The van der Waals surface area contributed by atoms with Gasteiger partial charge >= 0.3 is 0 Å². The first-order valence-electron chi connectivity index (χ1n) is 6.02. The fraction of sp³-hybridized carbons (Fsp3) is 0.538. The van der Waals surface area contributed by atoms with Gasteiger partial charge in [0.25, 0.3) is 0 Å². The van der Waals surface area contributed by atoms with Crippen LogP contribution in [0.2, 0.25) is 0 Å². The second-order valence-electron chi connectivity index (χ2n) is 3.72. The maximum Gasteiger partial charge on any atom is 0.123 e. The van der Waals surface area contributed by atoms with E-state index in [1.807, 2.05) is 0 Å². The standard InChI is InChI=1S/C13H19FO4S/c1-16-6-7-17-8-9-18-10-11-19(15)13-4-2-12(14)3-5-13/h2-5H,6-11H2,1H3. The molecule has 1 rings (SSSR count). The summed E-state index contributed by atoms with van der Waals surface area (Å²) in [5, 5.41) is 0. The van der Waals surface area contributed by atoms with Crippen LogP contribution in [-0.2, 0) is 25.0 Å². The Balaban J connectivity index is 2.06. The fourth-order valence-corrected chi connectivity index (χ4v) is 2.25. The van der Waals surface area contributed by atoms with E-state index in [1.165, 1.54) is 24.3 Å². The van der Waals surface area contributed by atoms with E-state index >= 15 is 0 Å². The van der Waals surface area contributed by atoms with Gasteiger partial charge in [-0.1, -0.05) is 0 Å². The Morgan fingerprint density at radius 3 is 2.21 bits per heavy atom. The molecule has 0 aliphatic rings. The third-order valence-electron chi connectivity index (χ3n) is 2.29. The summed E-state index contributed by atoms with van der Waals surface area (Å²) in [6.07, 6.45) is 0. The van der Waals surface area contributed by atoms with Gasteiger partial charge in [-0.15, -0.1) is 0 Å². The minimum absolute atomic E-state index is 0.329. The number of benzene rings is 1. The maximum atomic E-state index is 12.7. The van der Waals surface area contributed by atoms with Crippen molar-refractivity contribution in [3.8, 4) is 0 Å². The Labute approximate surface area is 115 Å². The Morgan fingerprint density at radius 2 is 1.58 bits per heavy atom. The fourth-order valence-electron chi connectivity index (χ4n) is 1.30. The Hall–Kier alpha value is -0.820. The molecule has 108 valence electrons. The van der Waals surface area contributed by atoms with Crippen LogP contribution in [0.5, 0.6) is 0 Å². The molecule has 0 saturated heterocycles. The van der Waals surface area contributed by atoms with Crippen molar-refractivity contribution in [2.45, 2.75) is 4.90 Å². The molecule has 1 atom stereocenters. The first-order chi connectivity index (χ1) is 9.24. The number of hydrogen-bond acceptors (Lipinski definition) is 4. The van der Waals surface area contributed by atoms with Crippen LogP contribution < -0.4 is 0 Å². The van der Waals surface area contributed by atoms with Gasteiger partial charge in [0.05, 0.1) is 49.6 Å². The van der Waals surface area contributed by atoms with Gasteiger partial charge in [-0.05, 0) is 24.3 Å². The van der Waals surface area contributed by atoms with Gasteiger partial charge in [0.15, 0.2) is 0 Å². The highest BCUT2D eigenvalue weighted by atomic mass is 32.2. The van der Waals surface area contributed by atoms with Crippen LogP contribution in [0.3, 0.4) is 0 Å². The molecule has 0 fully saturated rings. The molecule has 0 bridgehead atoms. The van der Waals surface area contributed by atoms with Gasteiger partial charge in [0.2, 0.25) is 0 Å². The highest BCUT2D eigenvalue weighted by Gasteiger charge is 2.03. The summed E-state index contributed by atoms with van der Waals surface area (Å²) in [7, 11) is 0.461. The van der Waals surface area contributed by atoms with Gasteiger partial charge in [0.1, 0.15) is 5.82 Å². The highest BCUT2D eigenvalue weighted by molar-refractivity contribution is 7.85. The first-order valence-corrected chi connectivity index (χ1v) is 7.34. The van der Waals surface area contributed by atoms with Crippen LogP contribution in [0.25, 0.3) is 0 Å². The quantitative estimate of drug-likeness (QED) is 0.614. The summed E-state index contributed by atoms with van der Waals surface area (Å²) < 4.78 is 39.8. The molecule has 0 aliphatic carbocycles. The molecule has 19 heavy (non-hydrogen) atoms. The Kier molecular flexibility index (Phi) is 8.57. The van der Waals surface area contributed by atoms with Gasteiger partial charge in [-0.3, -0.25) is 4.21 Å². The lowest BCUT2D eigenvalue weighted by Gasteiger charge is -2.05. The van der Waals surface area contributed by atoms with Crippen LogP contribution in [0.1, 0.15) is 0 Å². The summed E-state index contributed by atoms with van der Waals surface area (Å²) in [6, 6.07) is 5.66. The van der Waals surface area contributed by atoms with Crippen LogP contribution in [0.15, 0.2) is 29.2 Å². The summed E-state index contributed by atoms with van der Waals surface area (Å²) in [6.45, 7) is 2.45. The second-order valence-corrected chi connectivity index (χ2v) is 5.29. The molecule has 0 amide bonds. The molecule has 1 aromatic carbocycles. The van der Waals surface area contributed by atoms with E-state index in [4.69, 9.17) is 14.2 Å². The van der Waals surface area contributed by atoms with E-state index in [2.05, 4.69) is 0 Å². The zero-order valence-corrected chi connectivity index (χ0v) is 11.8. The van der Waals surface area contributed by atoms with Gasteiger partial charge in [-0.2, -0.15) is 0 Å². The van der Waals surface area contributed by atoms with Crippen molar-refractivity contribution >= 4 is 10.8 Å². The zero-order chi connectivity index (χ0) is 13.9. The molecule has 0 radical (unpaired) electrons. The summed E-state index contributed by atoms with van der Waals surface area (Å²) in [5.41, 5.74) is 0. The smallest absolute Gasteiger partial charge is 0.123 e. The van der Waals surface area contributed by atoms with Gasteiger partial charge in [0, 0.05) is 12.0 Å².